The molecular formula is C33H30Cl2N8O3. The van der Waals surface area contributed by atoms with Gasteiger partial charge in [0.2, 0.25) is 5.88 Å². The molecule has 6 rings (SSSR count). The summed E-state index contributed by atoms with van der Waals surface area (Å²) < 4.78 is 7.93. The summed E-state index contributed by atoms with van der Waals surface area (Å²) in [6.07, 6.45) is 2.14. The van der Waals surface area contributed by atoms with E-state index in [1.54, 1.807) is 30.6 Å². The van der Waals surface area contributed by atoms with Crippen molar-refractivity contribution in [3.8, 4) is 5.88 Å². The molecule has 3 heterocycles. The van der Waals surface area contributed by atoms with E-state index in [1.807, 2.05) is 59.2 Å². The Hall–Kier alpha value is -4.87. The van der Waals surface area contributed by atoms with Crippen LogP contribution in [0.1, 0.15) is 32.7 Å². The van der Waals surface area contributed by atoms with Crippen molar-refractivity contribution in [2.24, 2.45) is 10.2 Å². The maximum absolute atomic E-state index is 12.8. The van der Waals surface area contributed by atoms with E-state index in [-0.39, 0.29) is 36.8 Å². The third-order valence-electron chi connectivity index (χ3n) is 7.48. The first-order valence-corrected chi connectivity index (χ1v) is 15.9. The lowest BCUT2D eigenvalue weighted by Crippen LogP contribution is -2.31. The molecule has 0 aliphatic carbocycles. The molecule has 0 saturated carbocycles. The van der Waals surface area contributed by atoms with Gasteiger partial charge in [0, 0.05) is 43.6 Å². The Morgan fingerprint density at radius 2 is 1.46 bits per heavy atom. The van der Waals surface area contributed by atoms with Gasteiger partial charge in [-0.1, -0.05) is 42.5 Å². The molecule has 0 radical (unpaired) electrons. The van der Waals surface area contributed by atoms with Crippen LogP contribution in [0.15, 0.2) is 95.4 Å². The molecular weight excluding hydrogens is 627 g/mol. The Morgan fingerprint density at radius 3 is 2.13 bits per heavy atom. The topological polar surface area (TPSA) is 118 Å². The lowest BCUT2D eigenvalue weighted by Gasteiger charge is -2.22. The van der Waals surface area contributed by atoms with Crippen LogP contribution in [0.25, 0.3) is 11.2 Å². The van der Waals surface area contributed by atoms with Gasteiger partial charge in [0.15, 0.2) is 11.2 Å². The number of azo groups is 1. The fourth-order valence-corrected chi connectivity index (χ4v) is 5.60. The van der Waals surface area contributed by atoms with Crippen molar-refractivity contribution < 1.29 is 14.3 Å². The molecule has 5 aromatic rings. The zero-order valence-electron chi connectivity index (χ0n) is 24.8. The number of hydrogen-bond acceptors (Lipinski definition) is 9. The number of aromatic nitrogens is 4. The number of alkyl halides is 2. The minimum Gasteiger partial charge on any atom is -0.471 e. The largest absolute Gasteiger partial charge is 0.471 e. The summed E-state index contributed by atoms with van der Waals surface area (Å²) >= 11 is 11.9. The zero-order chi connectivity index (χ0) is 31.9. The molecule has 0 unspecified atom stereocenters. The molecule has 2 aromatic heterocycles. The number of carbonyl (C=O) groups excluding carboxylic acids is 2. The molecule has 3 aromatic carbocycles. The molecule has 11 nitrogen and oxygen atoms in total. The Kier molecular flexibility index (Phi) is 9.80. The second kappa shape index (κ2) is 14.5. The molecule has 2 amide bonds. The smallest absolute Gasteiger partial charge is 0.274 e. The average molecular weight is 658 g/mol. The van der Waals surface area contributed by atoms with Crippen LogP contribution in [0.5, 0.6) is 5.88 Å². The highest BCUT2D eigenvalue weighted by atomic mass is 35.5. The number of imide groups is 1. The molecule has 0 N–H and O–H groups in total. The van der Waals surface area contributed by atoms with Crippen molar-refractivity contribution >= 4 is 63.5 Å². The second-order valence-corrected chi connectivity index (χ2v) is 11.2. The fraction of sp³-hybridized carbons (Fsp3) is 0.242. The Morgan fingerprint density at radius 1 is 0.783 bits per heavy atom. The summed E-state index contributed by atoms with van der Waals surface area (Å²) in [4.78, 5) is 42.7. The first-order valence-electron chi connectivity index (χ1n) is 14.8. The van der Waals surface area contributed by atoms with Gasteiger partial charge >= 0.3 is 0 Å². The van der Waals surface area contributed by atoms with Gasteiger partial charge < -0.3 is 14.2 Å². The van der Waals surface area contributed by atoms with Crippen LogP contribution < -0.4 is 9.64 Å². The predicted molar refractivity (Wildman–Crippen MR) is 177 cm³/mol. The first kappa shape index (κ1) is 31.1. The van der Waals surface area contributed by atoms with E-state index in [0.29, 0.717) is 65.8 Å². The number of fused-ring (bicyclic) bond motifs is 2. The molecule has 46 heavy (non-hydrogen) atoms. The maximum Gasteiger partial charge on any atom is 0.274 e. The van der Waals surface area contributed by atoms with E-state index in [0.717, 1.165) is 11.3 Å². The van der Waals surface area contributed by atoms with Crippen molar-refractivity contribution in [2.75, 3.05) is 36.3 Å². The number of carbonyl (C=O) groups is 2. The number of anilines is 1. The standard InChI is InChI=1S/C33H30Cl2N8O3/c34-15-19-41(20-16-35)25-13-11-24(12-14-25)39-40-33-37-29-28(30(38-33)46-21-23-7-2-1-3-8-23)36-22-42(29)17-6-18-43-31(44)26-9-4-5-10-27(26)32(43)45/h1-5,7-14,22H,6,15-21H2/b40-39+. The van der Waals surface area contributed by atoms with Crippen molar-refractivity contribution in [1.82, 2.24) is 24.4 Å². The van der Waals surface area contributed by atoms with Gasteiger partial charge in [0.25, 0.3) is 17.8 Å². The lowest BCUT2D eigenvalue weighted by molar-refractivity contribution is 0.0651. The summed E-state index contributed by atoms with van der Waals surface area (Å²) in [6, 6.07) is 24.2. The lowest BCUT2D eigenvalue weighted by atomic mass is 10.1. The predicted octanol–water partition coefficient (Wildman–Crippen LogP) is 6.79. The maximum atomic E-state index is 12.8. The number of nitrogens with zero attached hydrogens (tertiary/aromatic N) is 8. The highest BCUT2D eigenvalue weighted by Gasteiger charge is 2.34. The number of benzene rings is 3. The molecule has 0 bridgehead atoms. The number of hydrogen-bond donors (Lipinski definition) is 0. The summed E-state index contributed by atoms with van der Waals surface area (Å²) in [7, 11) is 0. The minimum absolute atomic E-state index is 0.104. The minimum atomic E-state index is -0.281. The van der Waals surface area contributed by atoms with Crippen molar-refractivity contribution in [3.63, 3.8) is 0 Å². The number of halogens is 2. The van der Waals surface area contributed by atoms with Crippen LogP contribution >= 0.6 is 23.2 Å². The van der Waals surface area contributed by atoms with Gasteiger partial charge in [-0.2, -0.15) is 9.97 Å². The van der Waals surface area contributed by atoms with E-state index in [4.69, 9.17) is 27.9 Å². The summed E-state index contributed by atoms with van der Waals surface area (Å²) in [5.74, 6) is 0.800. The van der Waals surface area contributed by atoms with Gasteiger partial charge in [-0.25, -0.2) is 4.98 Å². The van der Waals surface area contributed by atoms with Crippen LogP contribution in [0.2, 0.25) is 0 Å². The summed E-state index contributed by atoms with van der Waals surface area (Å²) in [6.45, 7) is 2.34. The van der Waals surface area contributed by atoms with Gasteiger partial charge in [-0.05, 0) is 48.4 Å². The SMILES string of the molecule is O=C1c2ccccc2C(=O)N1CCCn1cnc2c(OCc3ccccc3)nc(/N=N/c3ccc(N(CCCl)CCCl)cc3)nc21. The summed E-state index contributed by atoms with van der Waals surface area (Å²) in [5, 5.41) is 8.69. The van der Waals surface area contributed by atoms with Crippen LogP contribution in [-0.2, 0) is 13.2 Å². The van der Waals surface area contributed by atoms with Crippen LogP contribution in [0, 0.1) is 0 Å². The highest BCUT2D eigenvalue weighted by molar-refractivity contribution is 6.21. The van der Waals surface area contributed by atoms with Gasteiger partial charge in [-0.3, -0.25) is 14.5 Å². The molecule has 0 fully saturated rings. The first-order chi connectivity index (χ1) is 22.6. The molecule has 0 saturated heterocycles. The van der Waals surface area contributed by atoms with E-state index in [1.165, 1.54) is 4.90 Å². The third kappa shape index (κ3) is 6.85. The second-order valence-electron chi connectivity index (χ2n) is 10.5. The van der Waals surface area contributed by atoms with Gasteiger partial charge in [0.05, 0.1) is 23.1 Å². The number of ether oxygens (including phenoxy) is 1. The third-order valence-corrected chi connectivity index (χ3v) is 7.81. The normalized spacial score (nSPS) is 12.8. The van der Waals surface area contributed by atoms with Crippen LogP contribution in [-0.4, -0.2) is 67.6 Å². The number of amides is 2. The number of aryl methyl sites for hydroxylation is 1. The quantitative estimate of drug-likeness (QED) is 0.0733. The van der Waals surface area contributed by atoms with Crippen molar-refractivity contribution in [2.45, 2.75) is 19.6 Å². The number of rotatable bonds is 14. The monoisotopic (exact) mass is 656 g/mol. The molecule has 1 aliphatic heterocycles. The van der Waals surface area contributed by atoms with Gasteiger partial charge in [0.1, 0.15) is 6.61 Å². The van der Waals surface area contributed by atoms with E-state index >= 15 is 0 Å². The van der Waals surface area contributed by atoms with Crippen LogP contribution in [0.4, 0.5) is 17.3 Å². The zero-order valence-corrected chi connectivity index (χ0v) is 26.3. The summed E-state index contributed by atoms with van der Waals surface area (Å²) in [5.41, 5.74) is 4.41. The van der Waals surface area contributed by atoms with Crippen LogP contribution in [0.3, 0.4) is 0 Å². The molecule has 13 heteroatoms. The number of imidazole rings is 1. The average Bonchev–Trinajstić information content (AvgIpc) is 3.61. The van der Waals surface area contributed by atoms with E-state index in [9.17, 15) is 9.59 Å². The fourth-order valence-electron chi connectivity index (χ4n) is 5.19. The van der Waals surface area contributed by atoms with E-state index < -0.39 is 0 Å². The molecule has 1 aliphatic rings. The van der Waals surface area contributed by atoms with E-state index in [2.05, 4.69) is 30.1 Å². The van der Waals surface area contributed by atoms with Gasteiger partial charge in [-0.15, -0.1) is 33.4 Å². The highest BCUT2D eigenvalue weighted by Crippen LogP contribution is 2.28. The van der Waals surface area contributed by atoms with Crippen molar-refractivity contribution in [1.29, 1.82) is 0 Å². The molecule has 0 spiro atoms. The molecule has 0 atom stereocenters. The van der Waals surface area contributed by atoms with Crippen molar-refractivity contribution in [3.05, 3.63) is 102 Å². The Labute approximate surface area is 275 Å². The Bertz CT molecular complexity index is 1820. The molecule has 234 valence electrons. The Balaban J connectivity index is 1.22.